The average molecular weight is 278 g/mol. The molecule has 1 saturated heterocycles. The molecule has 2 fully saturated rings. The molecule has 1 saturated carbocycles. The molecule has 1 aliphatic carbocycles. The van der Waals surface area contributed by atoms with Gasteiger partial charge in [0.1, 0.15) is 6.17 Å². The Hall–Kier alpha value is 0.140. The fourth-order valence-electron chi connectivity index (χ4n) is 3.38. The number of aliphatic hydroxyl groups is 1. The van der Waals surface area contributed by atoms with Crippen LogP contribution in [0.2, 0.25) is 0 Å². The van der Waals surface area contributed by atoms with Crippen molar-refractivity contribution in [3.63, 3.8) is 0 Å². The number of rotatable bonds is 2. The van der Waals surface area contributed by atoms with Crippen molar-refractivity contribution in [3.05, 3.63) is 0 Å². The molecule has 0 aromatic rings. The quantitative estimate of drug-likeness (QED) is 0.761. The van der Waals surface area contributed by atoms with Gasteiger partial charge in [-0.25, -0.2) is 4.39 Å². The van der Waals surface area contributed by atoms with Crippen LogP contribution in [-0.2, 0) is 0 Å². The normalized spacial score (nSPS) is 42.8. The molecule has 106 valence electrons. The summed E-state index contributed by atoms with van der Waals surface area (Å²) in [5, 5.41) is 13.6. The first-order chi connectivity index (χ1) is 8.38. The third-order valence-corrected chi connectivity index (χ3v) is 5.11. The summed E-state index contributed by atoms with van der Waals surface area (Å²) < 4.78 is 14.0. The van der Waals surface area contributed by atoms with E-state index in [0.29, 0.717) is 6.42 Å². The Kier molecular flexibility index (Phi) is 4.56. The number of alkyl halides is 2. The van der Waals surface area contributed by atoms with Gasteiger partial charge in [-0.2, -0.15) is 0 Å². The molecule has 0 aromatic heterocycles. The molecule has 2 rings (SSSR count). The Morgan fingerprint density at radius 3 is 2.50 bits per heavy atom. The second-order valence-electron chi connectivity index (χ2n) is 6.53. The third kappa shape index (κ3) is 3.37. The number of piperidine rings is 1. The smallest absolute Gasteiger partial charge is 0.105 e. The van der Waals surface area contributed by atoms with Gasteiger partial charge in [0.2, 0.25) is 0 Å². The van der Waals surface area contributed by atoms with Crippen molar-refractivity contribution >= 4 is 11.6 Å². The van der Waals surface area contributed by atoms with E-state index in [1.165, 1.54) is 0 Å². The predicted molar refractivity (Wildman–Crippen MR) is 72.7 cm³/mol. The Labute approximate surface area is 114 Å². The standard InChI is InChI=1S/C14H25ClFNO/c1-14(2,18)9-3-6-13(17-8-9)11-7-10(15)4-5-12(11)16/h9-13,17-18H,3-8H2,1-2H3. The Morgan fingerprint density at radius 1 is 1.22 bits per heavy atom. The van der Waals surface area contributed by atoms with E-state index in [1.54, 1.807) is 0 Å². The number of hydrogen-bond donors (Lipinski definition) is 2. The molecule has 0 radical (unpaired) electrons. The third-order valence-electron chi connectivity index (χ3n) is 4.72. The van der Waals surface area contributed by atoms with Gasteiger partial charge in [0.25, 0.3) is 0 Å². The van der Waals surface area contributed by atoms with E-state index in [0.717, 1.165) is 32.2 Å². The highest BCUT2D eigenvalue weighted by Gasteiger charge is 2.39. The molecule has 0 bridgehead atoms. The van der Waals surface area contributed by atoms with Gasteiger partial charge in [-0.15, -0.1) is 11.6 Å². The van der Waals surface area contributed by atoms with Crippen LogP contribution >= 0.6 is 11.6 Å². The molecule has 0 amide bonds. The van der Waals surface area contributed by atoms with Gasteiger partial charge in [-0.1, -0.05) is 0 Å². The summed E-state index contributed by atoms with van der Waals surface area (Å²) in [6.07, 6.45) is 3.40. The summed E-state index contributed by atoms with van der Waals surface area (Å²) in [6, 6.07) is 0.236. The van der Waals surface area contributed by atoms with Gasteiger partial charge < -0.3 is 10.4 Å². The summed E-state index contributed by atoms with van der Waals surface area (Å²) >= 11 is 6.16. The lowest BCUT2D eigenvalue weighted by Gasteiger charge is -2.42. The molecule has 2 nitrogen and oxygen atoms in total. The van der Waals surface area contributed by atoms with E-state index < -0.39 is 11.8 Å². The number of nitrogens with one attached hydrogen (secondary N) is 1. The Morgan fingerprint density at radius 2 is 1.94 bits per heavy atom. The van der Waals surface area contributed by atoms with Gasteiger partial charge in [0.15, 0.2) is 0 Å². The highest BCUT2D eigenvalue weighted by molar-refractivity contribution is 6.20. The van der Waals surface area contributed by atoms with Crippen LogP contribution in [0.15, 0.2) is 0 Å². The van der Waals surface area contributed by atoms with E-state index in [9.17, 15) is 9.50 Å². The summed E-state index contributed by atoms with van der Waals surface area (Å²) in [5.41, 5.74) is -0.644. The summed E-state index contributed by atoms with van der Waals surface area (Å²) in [4.78, 5) is 0. The van der Waals surface area contributed by atoms with E-state index in [1.807, 2.05) is 13.8 Å². The highest BCUT2D eigenvalue weighted by Crippen LogP contribution is 2.36. The molecule has 2 aliphatic rings. The van der Waals surface area contributed by atoms with E-state index in [2.05, 4.69) is 5.32 Å². The first-order valence-corrected chi connectivity index (χ1v) is 7.55. The van der Waals surface area contributed by atoms with E-state index in [4.69, 9.17) is 11.6 Å². The van der Waals surface area contributed by atoms with Crippen molar-refractivity contribution in [1.82, 2.24) is 5.32 Å². The van der Waals surface area contributed by atoms with Crippen molar-refractivity contribution in [3.8, 4) is 0 Å². The molecular formula is C14H25ClFNO. The van der Waals surface area contributed by atoms with Crippen LogP contribution < -0.4 is 5.32 Å². The van der Waals surface area contributed by atoms with Crippen molar-refractivity contribution in [2.75, 3.05) is 6.54 Å². The van der Waals surface area contributed by atoms with Gasteiger partial charge in [0.05, 0.1) is 5.60 Å². The monoisotopic (exact) mass is 277 g/mol. The number of hydrogen-bond acceptors (Lipinski definition) is 2. The van der Waals surface area contributed by atoms with Crippen LogP contribution in [0.1, 0.15) is 46.0 Å². The first kappa shape index (κ1) is 14.5. The molecule has 5 atom stereocenters. The maximum atomic E-state index is 14.0. The minimum Gasteiger partial charge on any atom is -0.390 e. The SMILES string of the molecule is CC(C)(O)C1CCC(C2CC(Cl)CCC2F)NC1. The van der Waals surface area contributed by atoms with E-state index in [-0.39, 0.29) is 23.3 Å². The molecular weight excluding hydrogens is 253 g/mol. The summed E-state index contributed by atoms with van der Waals surface area (Å²) in [5.74, 6) is 0.325. The van der Waals surface area contributed by atoms with Crippen LogP contribution in [-0.4, -0.2) is 34.8 Å². The number of halogens is 2. The topological polar surface area (TPSA) is 32.3 Å². The Bertz CT molecular complexity index is 273. The zero-order chi connectivity index (χ0) is 13.3. The van der Waals surface area contributed by atoms with Gasteiger partial charge in [-0.3, -0.25) is 0 Å². The maximum absolute atomic E-state index is 14.0. The molecule has 5 unspecified atom stereocenters. The fraction of sp³-hybridized carbons (Fsp3) is 1.00. The lowest BCUT2D eigenvalue weighted by Crippen LogP contribution is -2.52. The predicted octanol–water partition coefficient (Wildman–Crippen LogP) is 2.87. The zero-order valence-corrected chi connectivity index (χ0v) is 12.1. The minimum atomic E-state index is -0.712. The lowest BCUT2D eigenvalue weighted by atomic mass is 9.75. The fourth-order valence-corrected chi connectivity index (χ4v) is 3.71. The second-order valence-corrected chi connectivity index (χ2v) is 7.15. The van der Waals surface area contributed by atoms with Crippen LogP contribution in [0.5, 0.6) is 0 Å². The Balaban J connectivity index is 1.89. The molecule has 0 aromatic carbocycles. The second kappa shape index (κ2) is 5.64. The molecule has 1 aliphatic heterocycles. The van der Waals surface area contributed by atoms with Crippen LogP contribution in [0.3, 0.4) is 0 Å². The van der Waals surface area contributed by atoms with Crippen molar-refractivity contribution < 1.29 is 9.50 Å². The molecule has 1 heterocycles. The molecule has 0 spiro atoms. The molecule has 2 N–H and O–H groups in total. The summed E-state index contributed by atoms with van der Waals surface area (Å²) in [7, 11) is 0. The van der Waals surface area contributed by atoms with Gasteiger partial charge in [0, 0.05) is 23.9 Å². The average Bonchev–Trinajstić information content (AvgIpc) is 2.31. The van der Waals surface area contributed by atoms with Crippen molar-refractivity contribution in [2.24, 2.45) is 11.8 Å². The largest absolute Gasteiger partial charge is 0.390 e. The zero-order valence-electron chi connectivity index (χ0n) is 11.3. The van der Waals surface area contributed by atoms with Crippen LogP contribution in [0, 0.1) is 11.8 Å². The van der Waals surface area contributed by atoms with Crippen molar-refractivity contribution in [2.45, 2.75) is 69.1 Å². The lowest BCUT2D eigenvalue weighted by molar-refractivity contribution is -0.00606. The van der Waals surface area contributed by atoms with Crippen LogP contribution in [0.25, 0.3) is 0 Å². The maximum Gasteiger partial charge on any atom is 0.105 e. The highest BCUT2D eigenvalue weighted by atomic mass is 35.5. The molecule has 4 heteroatoms. The first-order valence-electron chi connectivity index (χ1n) is 7.12. The van der Waals surface area contributed by atoms with E-state index >= 15 is 0 Å². The van der Waals surface area contributed by atoms with Crippen LogP contribution in [0.4, 0.5) is 4.39 Å². The minimum absolute atomic E-state index is 0.0593. The van der Waals surface area contributed by atoms with Gasteiger partial charge in [-0.05, 0) is 51.9 Å². The molecule has 18 heavy (non-hydrogen) atoms. The van der Waals surface area contributed by atoms with Gasteiger partial charge >= 0.3 is 0 Å². The van der Waals surface area contributed by atoms with Crippen molar-refractivity contribution in [1.29, 1.82) is 0 Å². The summed E-state index contributed by atoms with van der Waals surface area (Å²) in [6.45, 7) is 4.49.